The van der Waals surface area contributed by atoms with E-state index in [1.54, 1.807) is 0 Å². The van der Waals surface area contributed by atoms with Gasteiger partial charge in [0.1, 0.15) is 11.6 Å². The van der Waals surface area contributed by atoms with Crippen LogP contribution in [0.25, 0.3) is 0 Å². The highest BCUT2D eigenvalue weighted by atomic mass is 16.3. The van der Waals surface area contributed by atoms with Crippen molar-refractivity contribution < 1.29 is 14.7 Å². The fourth-order valence-corrected chi connectivity index (χ4v) is 6.01. The second-order valence-corrected chi connectivity index (χ2v) is 12.8. The topological polar surface area (TPSA) is 54.4 Å². The van der Waals surface area contributed by atoms with Crippen molar-refractivity contribution in [3.8, 4) is 0 Å². The van der Waals surface area contributed by atoms with Gasteiger partial charge in [0.05, 0.1) is 6.10 Å². The minimum absolute atomic E-state index is 0.0289. The summed E-state index contributed by atoms with van der Waals surface area (Å²) < 4.78 is 0. The predicted molar refractivity (Wildman–Crippen MR) is 140 cm³/mol. The number of aliphatic hydroxyl groups excluding tert-OH is 1. The van der Waals surface area contributed by atoms with Crippen LogP contribution in [0.4, 0.5) is 0 Å². The molecule has 3 nitrogen and oxygen atoms in total. The van der Waals surface area contributed by atoms with Gasteiger partial charge in [-0.2, -0.15) is 0 Å². The standard InChI is InChI=1S/C10H20O.2C10H18O/c3*1-7(2)9-5-4-8(3)6-10(9)11/h7-11H,4-6H2,1-3H3;2*7-9H,4-6H2,1-3H3/t;8-,9+;8-,9-/m.11/s1. The lowest BCUT2D eigenvalue weighted by Gasteiger charge is -2.33. The third-order valence-corrected chi connectivity index (χ3v) is 8.46. The second-order valence-electron chi connectivity index (χ2n) is 12.8. The summed E-state index contributed by atoms with van der Waals surface area (Å²) in [5.41, 5.74) is 0. The van der Waals surface area contributed by atoms with E-state index in [0.717, 1.165) is 38.0 Å². The number of ketones is 2. The van der Waals surface area contributed by atoms with Gasteiger partial charge in [-0.1, -0.05) is 68.7 Å². The van der Waals surface area contributed by atoms with E-state index >= 15 is 0 Å². The van der Waals surface area contributed by atoms with Crippen LogP contribution in [0.2, 0.25) is 0 Å². The van der Waals surface area contributed by atoms with Gasteiger partial charge in [0, 0.05) is 24.7 Å². The van der Waals surface area contributed by atoms with E-state index in [2.05, 4.69) is 62.3 Å². The van der Waals surface area contributed by atoms with Crippen LogP contribution in [-0.2, 0) is 9.59 Å². The Morgan fingerprint density at radius 1 is 0.606 bits per heavy atom. The number of aliphatic hydroxyl groups is 1. The van der Waals surface area contributed by atoms with Gasteiger partial charge in [-0.15, -0.1) is 0 Å². The first-order valence-electron chi connectivity index (χ1n) is 14.1. The molecule has 3 heteroatoms. The third kappa shape index (κ3) is 10.6. The minimum atomic E-state index is -0.0289. The molecular weight excluding hydrogens is 408 g/mol. The molecule has 0 aromatic heterocycles. The molecule has 0 bridgehead atoms. The SMILES string of the molecule is CC(C)[C@@H]1CC[C@@H](C)CC1=O.CC(C)[C@H]1CC[C@@H](C)CC1=O.CC1CCC(C(C)C)C(O)C1. The average Bonchev–Trinajstić information content (AvgIpc) is 2.68. The molecule has 3 unspecified atom stereocenters. The van der Waals surface area contributed by atoms with Crippen molar-refractivity contribution in [1.82, 2.24) is 0 Å². The van der Waals surface area contributed by atoms with E-state index in [1.807, 2.05) is 0 Å². The van der Waals surface area contributed by atoms with Gasteiger partial charge in [-0.3, -0.25) is 9.59 Å². The highest BCUT2D eigenvalue weighted by molar-refractivity contribution is 5.82. The molecule has 0 aliphatic heterocycles. The number of rotatable bonds is 3. The quantitative estimate of drug-likeness (QED) is 0.465. The van der Waals surface area contributed by atoms with Crippen molar-refractivity contribution in [2.45, 2.75) is 126 Å². The molecule has 3 saturated carbocycles. The van der Waals surface area contributed by atoms with Gasteiger partial charge in [-0.25, -0.2) is 0 Å². The van der Waals surface area contributed by atoms with Gasteiger partial charge in [0.25, 0.3) is 0 Å². The Hall–Kier alpha value is -0.700. The molecule has 3 aliphatic rings. The summed E-state index contributed by atoms with van der Waals surface area (Å²) in [6.07, 6.45) is 9.89. The smallest absolute Gasteiger partial charge is 0.136 e. The van der Waals surface area contributed by atoms with Gasteiger partial charge in [0.15, 0.2) is 0 Å². The van der Waals surface area contributed by atoms with Crippen LogP contribution in [0.5, 0.6) is 0 Å². The van der Waals surface area contributed by atoms with E-state index in [1.165, 1.54) is 25.7 Å². The Morgan fingerprint density at radius 3 is 1.30 bits per heavy atom. The number of Topliss-reactive ketones (excluding diaryl/α,β-unsaturated/α-hetero) is 2. The maximum absolute atomic E-state index is 11.4. The molecule has 0 saturated heterocycles. The van der Waals surface area contributed by atoms with Crippen molar-refractivity contribution in [1.29, 1.82) is 0 Å². The average molecular weight is 465 g/mol. The number of hydrogen-bond donors (Lipinski definition) is 1. The molecule has 3 aliphatic carbocycles. The van der Waals surface area contributed by atoms with Crippen LogP contribution < -0.4 is 0 Å². The zero-order valence-corrected chi connectivity index (χ0v) is 23.4. The molecule has 0 spiro atoms. The van der Waals surface area contributed by atoms with Crippen LogP contribution in [-0.4, -0.2) is 22.8 Å². The summed E-state index contributed by atoms with van der Waals surface area (Å²) in [7, 11) is 0. The normalized spacial score (nSPS) is 35.1. The Balaban J connectivity index is 0.000000247. The lowest BCUT2D eigenvalue weighted by Crippen LogP contribution is -2.31. The molecule has 3 rings (SSSR count). The number of carbonyl (C=O) groups excluding carboxylic acids is 2. The summed E-state index contributed by atoms with van der Waals surface area (Å²) in [5.74, 6) is 6.05. The van der Waals surface area contributed by atoms with Crippen LogP contribution in [0.1, 0.15) is 120 Å². The highest BCUT2D eigenvalue weighted by Gasteiger charge is 2.30. The zero-order chi connectivity index (χ0) is 25.3. The summed E-state index contributed by atoms with van der Waals surface area (Å²) in [4.78, 5) is 22.9. The van der Waals surface area contributed by atoms with E-state index in [9.17, 15) is 14.7 Å². The first kappa shape index (κ1) is 30.3. The molecular formula is C30H56O3. The van der Waals surface area contributed by atoms with Crippen LogP contribution >= 0.6 is 0 Å². The molecule has 7 atom stereocenters. The fourth-order valence-electron chi connectivity index (χ4n) is 6.01. The van der Waals surface area contributed by atoms with E-state index in [-0.39, 0.29) is 6.10 Å². The summed E-state index contributed by atoms with van der Waals surface area (Å²) in [5, 5.41) is 9.71. The number of carbonyl (C=O) groups is 2. The predicted octanol–water partition coefficient (Wildman–Crippen LogP) is 7.73. The minimum Gasteiger partial charge on any atom is -0.393 e. The Morgan fingerprint density at radius 2 is 1.00 bits per heavy atom. The maximum atomic E-state index is 11.4. The third-order valence-electron chi connectivity index (χ3n) is 8.46. The van der Waals surface area contributed by atoms with Crippen LogP contribution in [0, 0.1) is 53.3 Å². The van der Waals surface area contributed by atoms with E-state index in [0.29, 0.717) is 58.9 Å². The Labute approximate surface area is 205 Å². The monoisotopic (exact) mass is 464 g/mol. The fraction of sp³-hybridized carbons (Fsp3) is 0.933. The van der Waals surface area contributed by atoms with Crippen molar-refractivity contribution in [3.05, 3.63) is 0 Å². The Bertz CT molecular complexity index is 543. The highest BCUT2D eigenvalue weighted by Crippen LogP contribution is 2.33. The molecule has 194 valence electrons. The first-order valence-corrected chi connectivity index (χ1v) is 14.1. The van der Waals surface area contributed by atoms with Crippen molar-refractivity contribution in [3.63, 3.8) is 0 Å². The van der Waals surface area contributed by atoms with Gasteiger partial charge in [-0.05, 0) is 80.0 Å². The molecule has 33 heavy (non-hydrogen) atoms. The molecule has 0 amide bonds. The largest absolute Gasteiger partial charge is 0.393 e. The molecule has 1 N–H and O–H groups in total. The van der Waals surface area contributed by atoms with E-state index in [4.69, 9.17) is 0 Å². The second kappa shape index (κ2) is 14.6. The molecule has 0 aromatic carbocycles. The first-order chi connectivity index (χ1) is 15.3. The van der Waals surface area contributed by atoms with Crippen molar-refractivity contribution in [2.24, 2.45) is 53.3 Å². The van der Waals surface area contributed by atoms with Gasteiger partial charge in [0.2, 0.25) is 0 Å². The molecule has 0 heterocycles. The molecule has 0 aromatic rings. The lowest BCUT2D eigenvalue weighted by atomic mass is 9.75. The van der Waals surface area contributed by atoms with E-state index < -0.39 is 0 Å². The summed E-state index contributed by atoms with van der Waals surface area (Å²) in [6.45, 7) is 19.6. The number of hydrogen-bond acceptors (Lipinski definition) is 3. The van der Waals surface area contributed by atoms with Gasteiger partial charge < -0.3 is 5.11 Å². The summed E-state index contributed by atoms with van der Waals surface area (Å²) in [6, 6.07) is 0. The molecule has 0 radical (unpaired) electrons. The van der Waals surface area contributed by atoms with Crippen molar-refractivity contribution in [2.75, 3.05) is 0 Å². The maximum Gasteiger partial charge on any atom is 0.136 e. The van der Waals surface area contributed by atoms with Crippen molar-refractivity contribution >= 4 is 11.6 Å². The van der Waals surface area contributed by atoms with Gasteiger partial charge >= 0.3 is 0 Å². The molecule has 3 fully saturated rings. The zero-order valence-electron chi connectivity index (χ0n) is 23.4. The summed E-state index contributed by atoms with van der Waals surface area (Å²) >= 11 is 0. The van der Waals surface area contributed by atoms with Crippen LogP contribution in [0.15, 0.2) is 0 Å². The lowest BCUT2D eigenvalue weighted by molar-refractivity contribution is -0.128. The van der Waals surface area contributed by atoms with Crippen LogP contribution in [0.3, 0.4) is 0 Å². The Kier molecular flexibility index (Phi) is 13.5.